The Bertz CT molecular complexity index is 407. The highest BCUT2D eigenvalue weighted by molar-refractivity contribution is 5.47. The second kappa shape index (κ2) is 7.91. The maximum Gasteiger partial charge on any atom is 0.389 e. The van der Waals surface area contributed by atoms with E-state index in [1.165, 1.54) is 0 Å². The van der Waals surface area contributed by atoms with Crippen LogP contribution in [0.4, 0.5) is 24.8 Å². The van der Waals surface area contributed by atoms with E-state index in [4.69, 9.17) is 0 Å². The molecule has 0 unspecified atom stereocenters. The molecule has 1 aromatic rings. The maximum atomic E-state index is 12.0. The number of alkyl halides is 3. The number of hydrogen-bond donors (Lipinski definition) is 2. The van der Waals surface area contributed by atoms with E-state index in [2.05, 4.69) is 20.6 Å². The summed E-state index contributed by atoms with van der Waals surface area (Å²) in [6.07, 6.45) is -3.20. The van der Waals surface area contributed by atoms with Crippen LogP contribution in [0.15, 0.2) is 6.07 Å². The molecule has 0 aliphatic rings. The first-order chi connectivity index (χ1) is 9.44. The number of aromatic nitrogens is 2. The van der Waals surface area contributed by atoms with E-state index in [0.29, 0.717) is 23.9 Å². The second-order valence-electron chi connectivity index (χ2n) is 4.48. The van der Waals surface area contributed by atoms with Gasteiger partial charge in [0.15, 0.2) is 0 Å². The van der Waals surface area contributed by atoms with Crippen molar-refractivity contribution in [1.82, 2.24) is 9.97 Å². The van der Waals surface area contributed by atoms with Crippen molar-refractivity contribution >= 4 is 11.6 Å². The lowest BCUT2D eigenvalue weighted by Gasteiger charge is -2.11. The lowest BCUT2D eigenvalue weighted by molar-refractivity contribution is -0.134. The molecule has 20 heavy (non-hydrogen) atoms. The van der Waals surface area contributed by atoms with Crippen molar-refractivity contribution in [3.63, 3.8) is 0 Å². The monoisotopic (exact) mass is 290 g/mol. The fourth-order valence-electron chi connectivity index (χ4n) is 1.59. The third kappa shape index (κ3) is 6.58. The Labute approximate surface area is 117 Å². The van der Waals surface area contributed by atoms with E-state index in [1.807, 2.05) is 13.8 Å². The molecule has 1 heterocycles. The molecule has 0 amide bonds. The topological polar surface area (TPSA) is 49.8 Å². The predicted molar refractivity (Wildman–Crippen MR) is 74.0 cm³/mol. The maximum absolute atomic E-state index is 12.0. The summed E-state index contributed by atoms with van der Waals surface area (Å²) in [5.41, 5.74) is 0. The molecule has 4 nitrogen and oxygen atoms in total. The molecule has 1 aromatic heterocycles. The van der Waals surface area contributed by atoms with E-state index in [-0.39, 0.29) is 13.0 Å². The summed E-state index contributed by atoms with van der Waals surface area (Å²) in [6, 6.07) is 1.72. The van der Waals surface area contributed by atoms with Crippen LogP contribution in [0.3, 0.4) is 0 Å². The molecule has 114 valence electrons. The summed E-state index contributed by atoms with van der Waals surface area (Å²) in [7, 11) is 0. The quantitative estimate of drug-likeness (QED) is 0.718. The molecule has 0 saturated carbocycles. The average Bonchev–Trinajstić information content (AvgIpc) is 2.40. The van der Waals surface area contributed by atoms with E-state index in [1.54, 1.807) is 6.07 Å². The van der Waals surface area contributed by atoms with Crippen LogP contribution < -0.4 is 10.6 Å². The molecule has 1 rings (SSSR count). The van der Waals surface area contributed by atoms with Crippen LogP contribution >= 0.6 is 0 Å². The standard InChI is InChI=1S/C13H21F3N4/c1-3-7-17-11-9-12(20-10(4-2)19-11)18-8-5-6-13(14,15)16/h9H,3-8H2,1-2H3,(H2,17,18,19,20). The summed E-state index contributed by atoms with van der Waals surface area (Å²) in [5, 5.41) is 6.07. The first kappa shape index (κ1) is 16.5. The van der Waals surface area contributed by atoms with Gasteiger partial charge in [-0.3, -0.25) is 0 Å². The van der Waals surface area contributed by atoms with Crippen molar-refractivity contribution in [2.75, 3.05) is 23.7 Å². The van der Waals surface area contributed by atoms with Crippen molar-refractivity contribution in [3.05, 3.63) is 11.9 Å². The second-order valence-corrected chi connectivity index (χ2v) is 4.48. The molecule has 2 N–H and O–H groups in total. The van der Waals surface area contributed by atoms with Gasteiger partial charge in [-0.1, -0.05) is 13.8 Å². The summed E-state index contributed by atoms with van der Waals surface area (Å²) in [6.45, 7) is 5.03. The Morgan fingerprint density at radius 1 is 1.05 bits per heavy atom. The van der Waals surface area contributed by atoms with Crippen molar-refractivity contribution in [2.45, 2.75) is 45.7 Å². The summed E-state index contributed by atoms with van der Waals surface area (Å²) >= 11 is 0. The van der Waals surface area contributed by atoms with Gasteiger partial charge in [-0.2, -0.15) is 13.2 Å². The zero-order valence-corrected chi connectivity index (χ0v) is 11.8. The van der Waals surface area contributed by atoms with Gasteiger partial charge in [0.2, 0.25) is 0 Å². The smallest absolute Gasteiger partial charge is 0.370 e. The molecule has 0 radical (unpaired) electrons. The van der Waals surface area contributed by atoms with Gasteiger partial charge in [0.05, 0.1) is 0 Å². The van der Waals surface area contributed by atoms with Gasteiger partial charge < -0.3 is 10.6 Å². The number of nitrogens with zero attached hydrogens (tertiary/aromatic N) is 2. The van der Waals surface area contributed by atoms with Gasteiger partial charge in [0.1, 0.15) is 17.5 Å². The van der Waals surface area contributed by atoms with Crippen LogP contribution in [-0.2, 0) is 6.42 Å². The molecule has 7 heteroatoms. The van der Waals surface area contributed by atoms with Crippen LogP contribution in [0.1, 0.15) is 38.9 Å². The number of anilines is 2. The molecule has 0 fully saturated rings. The summed E-state index contributed by atoms with van der Waals surface area (Å²) in [5.74, 6) is 1.94. The average molecular weight is 290 g/mol. The van der Waals surface area contributed by atoms with Crippen LogP contribution in [-0.4, -0.2) is 29.2 Å². The molecule has 0 spiro atoms. The van der Waals surface area contributed by atoms with Gasteiger partial charge >= 0.3 is 6.18 Å². The molecule has 0 aliphatic heterocycles. The molecule has 0 aromatic carbocycles. The Kier molecular flexibility index (Phi) is 6.54. The number of halogens is 3. The molecular weight excluding hydrogens is 269 g/mol. The van der Waals surface area contributed by atoms with Crippen molar-refractivity contribution < 1.29 is 13.2 Å². The molecular formula is C13H21F3N4. The molecule has 0 bridgehead atoms. The van der Waals surface area contributed by atoms with Gasteiger partial charge in [-0.25, -0.2) is 9.97 Å². The van der Waals surface area contributed by atoms with Crippen LogP contribution in [0, 0.1) is 0 Å². The van der Waals surface area contributed by atoms with E-state index < -0.39 is 12.6 Å². The fourth-order valence-corrected chi connectivity index (χ4v) is 1.59. The highest BCUT2D eigenvalue weighted by Crippen LogP contribution is 2.21. The SMILES string of the molecule is CCCNc1cc(NCCCC(F)(F)F)nc(CC)n1. The van der Waals surface area contributed by atoms with Gasteiger partial charge in [-0.15, -0.1) is 0 Å². The minimum atomic E-state index is -4.10. The largest absolute Gasteiger partial charge is 0.389 e. The van der Waals surface area contributed by atoms with Crippen molar-refractivity contribution in [2.24, 2.45) is 0 Å². The Morgan fingerprint density at radius 2 is 1.65 bits per heavy atom. The lowest BCUT2D eigenvalue weighted by Crippen LogP contribution is -2.12. The van der Waals surface area contributed by atoms with Crippen molar-refractivity contribution in [3.8, 4) is 0 Å². The van der Waals surface area contributed by atoms with E-state index >= 15 is 0 Å². The van der Waals surface area contributed by atoms with Gasteiger partial charge in [-0.05, 0) is 12.8 Å². The zero-order chi connectivity index (χ0) is 15.0. The van der Waals surface area contributed by atoms with Gasteiger partial charge in [0, 0.05) is 32.0 Å². The van der Waals surface area contributed by atoms with Crippen LogP contribution in [0.5, 0.6) is 0 Å². The first-order valence-corrected chi connectivity index (χ1v) is 6.87. The molecule has 0 saturated heterocycles. The van der Waals surface area contributed by atoms with Crippen LogP contribution in [0.25, 0.3) is 0 Å². The first-order valence-electron chi connectivity index (χ1n) is 6.87. The Hall–Kier alpha value is -1.53. The number of aryl methyl sites for hydroxylation is 1. The number of hydrogen-bond acceptors (Lipinski definition) is 4. The lowest BCUT2D eigenvalue weighted by atomic mass is 10.3. The molecule has 0 aliphatic carbocycles. The van der Waals surface area contributed by atoms with E-state index in [9.17, 15) is 13.2 Å². The minimum Gasteiger partial charge on any atom is -0.370 e. The van der Waals surface area contributed by atoms with Gasteiger partial charge in [0.25, 0.3) is 0 Å². The van der Waals surface area contributed by atoms with E-state index in [0.717, 1.165) is 13.0 Å². The highest BCUT2D eigenvalue weighted by atomic mass is 19.4. The normalized spacial score (nSPS) is 11.4. The molecule has 0 atom stereocenters. The fraction of sp³-hybridized carbons (Fsp3) is 0.692. The predicted octanol–water partition coefficient (Wildman–Crippen LogP) is 3.62. The number of rotatable bonds is 8. The third-order valence-electron chi connectivity index (χ3n) is 2.59. The Balaban J connectivity index is 2.55. The summed E-state index contributed by atoms with van der Waals surface area (Å²) < 4.78 is 36.1. The summed E-state index contributed by atoms with van der Waals surface area (Å²) in [4.78, 5) is 8.57. The van der Waals surface area contributed by atoms with Crippen molar-refractivity contribution in [1.29, 1.82) is 0 Å². The third-order valence-corrected chi connectivity index (χ3v) is 2.59. The van der Waals surface area contributed by atoms with Crippen LogP contribution in [0.2, 0.25) is 0 Å². The zero-order valence-electron chi connectivity index (χ0n) is 11.8. The minimum absolute atomic E-state index is 0.0344. The number of nitrogens with one attached hydrogen (secondary N) is 2. The highest BCUT2D eigenvalue weighted by Gasteiger charge is 2.25. The Morgan fingerprint density at radius 3 is 2.15 bits per heavy atom.